The molecule has 1 fully saturated rings. The number of amides is 2. The summed E-state index contributed by atoms with van der Waals surface area (Å²) in [5.41, 5.74) is 7.53. The topological polar surface area (TPSA) is 194 Å². The van der Waals surface area contributed by atoms with Crippen molar-refractivity contribution in [1.82, 2.24) is 34.4 Å². The van der Waals surface area contributed by atoms with Gasteiger partial charge in [0.15, 0.2) is 5.13 Å². The summed E-state index contributed by atoms with van der Waals surface area (Å²) in [6.07, 6.45) is 6.34. The summed E-state index contributed by atoms with van der Waals surface area (Å²) in [6, 6.07) is 2.89. The first-order chi connectivity index (χ1) is 20.8. The number of nitrogens with two attached hydrogens (primary N) is 1. The highest BCUT2D eigenvalue weighted by Gasteiger charge is 2.54. The van der Waals surface area contributed by atoms with Gasteiger partial charge in [-0.25, -0.2) is 9.36 Å². The van der Waals surface area contributed by atoms with Crippen LogP contribution in [0.2, 0.25) is 0 Å². The normalized spacial score (nSPS) is 18.4. The molecule has 1 saturated heterocycles. The van der Waals surface area contributed by atoms with E-state index in [2.05, 4.69) is 41.3 Å². The Kier molecular flexibility index (Phi) is 9.32. The Bertz CT molecular complexity index is 1620. The fourth-order valence-electron chi connectivity index (χ4n) is 4.83. The summed E-state index contributed by atoms with van der Waals surface area (Å²) in [6.45, 7) is 8.19. The van der Waals surface area contributed by atoms with Gasteiger partial charge in [0.25, 0.3) is 11.8 Å². The van der Waals surface area contributed by atoms with E-state index in [1.165, 1.54) is 16.7 Å². The van der Waals surface area contributed by atoms with Gasteiger partial charge < -0.3 is 30.9 Å². The predicted molar refractivity (Wildman–Crippen MR) is 160 cm³/mol. The minimum absolute atomic E-state index is 0.0280. The van der Waals surface area contributed by atoms with E-state index in [4.69, 9.17) is 10.6 Å². The number of aryl methyl sites for hydroxylation is 1. The van der Waals surface area contributed by atoms with Crippen molar-refractivity contribution in [3.8, 4) is 0 Å². The van der Waals surface area contributed by atoms with Crippen LogP contribution >= 0.6 is 23.3 Å². The molecule has 0 aromatic carbocycles. The molecule has 3 aromatic rings. The van der Waals surface area contributed by atoms with Gasteiger partial charge in [0.2, 0.25) is 17.9 Å². The van der Waals surface area contributed by atoms with Crippen molar-refractivity contribution in [1.29, 1.82) is 0 Å². The SMILES string of the molecule is C=CCNCCCn1cnc2c1ccc[n+]2CC1=C(C(=O)O)N2C(=O)C(NC(=O)C(=NOCC)c3nsc(N)n3)C2SC1. The van der Waals surface area contributed by atoms with Crippen LogP contribution in [0.25, 0.3) is 11.2 Å². The van der Waals surface area contributed by atoms with Crippen molar-refractivity contribution >= 4 is 63.1 Å². The minimum atomic E-state index is -1.22. The monoisotopic (exact) mass is 627 g/mol. The number of anilines is 1. The second-order valence-electron chi connectivity index (χ2n) is 9.56. The molecule has 5 heterocycles. The van der Waals surface area contributed by atoms with E-state index < -0.39 is 29.2 Å². The van der Waals surface area contributed by atoms with Gasteiger partial charge in [-0.3, -0.25) is 14.5 Å². The molecule has 0 bridgehead atoms. The van der Waals surface area contributed by atoms with Crippen LogP contribution in [0.3, 0.4) is 0 Å². The second kappa shape index (κ2) is 13.3. The van der Waals surface area contributed by atoms with E-state index in [9.17, 15) is 19.5 Å². The molecule has 2 atom stereocenters. The van der Waals surface area contributed by atoms with Gasteiger partial charge >= 0.3 is 11.6 Å². The third-order valence-electron chi connectivity index (χ3n) is 6.74. The largest absolute Gasteiger partial charge is 0.477 e. The highest BCUT2D eigenvalue weighted by atomic mass is 32.2. The third-order valence-corrected chi connectivity index (χ3v) is 8.62. The Morgan fingerprint density at radius 1 is 1.42 bits per heavy atom. The first-order valence-corrected chi connectivity index (χ1v) is 15.3. The van der Waals surface area contributed by atoms with Crippen LogP contribution in [0, 0.1) is 0 Å². The van der Waals surface area contributed by atoms with Crippen LogP contribution in [-0.2, 0) is 32.3 Å². The molecular weight excluding hydrogens is 596 g/mol. The number of pyridine rings is 1. The fourth-order valence-corrected chi connectivity index (χ4v) is 6.60. The lowest BCUT2D eigenvalue weighted by Crippen LogP contribution is -2.71. The summed E-state index contributed by atoms with van der Waals surface area (Å²) in [4.78, 5) is 53.6. The number of oxime groups is 1. The van der Waals surface area contributed by atoms with Crippen molar-refractivity contribution in [2.24, 2.45) is 5.16 Å². The Labute approximate surface area is 254 Å². The average molecular weight is 628 g/mol. The average Bonchev–Trinajstić information content (AvgIpc) is 3.62. The number of nitrogens with one attached hydrogen (secondary N) is 2. The number of nitrogens with zero attached hydrogens (tertiary/aromatic N) is 7. The van der Waals surface area contributed by atoms with Crippen molar-refractivity contribution in [3.05, 3.63) is 54.4 Å². The van der Waals surface area contributed by atoms with Gasteiger partial charge in [-0.1, -0.05) is 11.2 Å². The zero-order chi connectivity index (χ0) is 30.5. The van der Waals surface area contributed by atoms with Crippen LogP contribution < -0.4 is 20.9 Å². The molecule has 3 aromatic heterocycles. The summed E-state index contributed by atoms with van der Waals surface area (Å²) in [7, 11) is 0. The highest BCUT2D eigenvalue weighted by molar-refractivity contribution is 8.00. The van der Waals surface area contributed by atoms with E-state index in [1.807, 2.05) is 29.0 Å². The van der Waals surface area contributed by atoms with E-state index in [1.54, 1.807) is 13.3 Å². The number of carbonyl (C=O) groups is 3. The van der Waals surface area contributed by atoms with Gasteiger partial charge in [0.1, 0.15) is 35.8 Å². The quantitative estimate of drug-likeness (QED) is 0.0473. The van der Waals surface area contributed by atoms with Gasteiger partial charge in [0.05, 0.1) is 6.20 Å². The number of aromatic nitrogens is 5. The molecule has 0 spiro atoms. The standard InChI is InChI=1S/C26H30N10O5S2/c1-3-8-28-9-6-11-35-14-29-21-16(35)7-5-10-34(21)12-15-13-42-24-18(23(38)36(24)19(15)25(39)40)30-22(37)17(32-41-4-2)20-31-26(27)43-33-20/h3,5,7,10,14,18,24,28H,1,4,6,8-9,11-13H2,2H3,(H3-,27,30,31,33,37,39,40)/p+1. The van der Waals surface area contributed by atoms with Crippen molar-refractivity contribution in [3.63, 3.8) is 0 Å². The van der Waals surface area contributed by atoms with Gasteiger partial charge in [-0.15, -0.1) is 18.3 Å². The molecule has 0 aliphatic carbocycles. The Hall–Kier alpha value is -4.35. The molecule has 2 unspecified atom stereocenters. The summed E-state index contributed by atoms with van der Waals surface area (Å²) < 4.78 is 7.95. The number of imidazole rings is 1. The molecule has 226 valence electrons. The third kappa shape index (κ3) is 6.23. The minimum Gasteiger partial charge on any atom is -0.477 e. The molecule has 2 amide bonds. The van der Waals surface area contributed by atoms with Crippen molar-refractivity contribution in [2.75, 3.05) is 31.2 Å². The number of β-lactam (4-membered cyclic amide) rings is 1. The number of aliphatic carboxylic acids is 1. The van der Waals surface area contributed by atoms with E-state index in [0.29, 0.717) is 17.0 Å². The molecule has 15 nitrogen and oxygen atoms in total. The number of hydrogen-bond acceptors (Lipinski definition) is 12. The molecular formula is C26H31N10O5S2+. The van der Waals surface area contributed by atoms with Gasteiger partial charge in [-0.05, 0) is 37.0 Å². The Morgan fingerprint density at radius 3 is 2.98 bits per heavy atom. The predicted octanol–water partition coefficient (Wildman–Crippen LogP) is 0.103. The Morgan fingerprint density at radius 2 is 2.26 bits per heavy atom. The first-order valence-electron chi connectivity index (χ1n) is 13.5. The number of fused-ring (bicyclic) bond motifs is 2. The number of thioether (sulfide) groups is 1. The van der Waals surface area contributed by atoms with E-state index in [-0.39, 0.29) is 35.5 Å². The summed E-state index contributed by atoms with van der Waals surface area (Å²) >= 11 is 2.26. The van der Waals surface area contributed by atoms with E-state index >= 15 is 0 Å². The first kappa shape index (κ1) is 30.1. The molecule has 0 radical (unpaired) electrons. The molecule has 5 N–H and O–H groups in total. The van der Waals surface area contributed by atoms with Crippen LogP contribution in [0.5, 0.6) is 0 Å². The molecule has 5 rings (SSSR count). The zero-order valence-electron chi connectivity index (χ0n) is 23.3. The summed E-state index contributed by atoms with van der Waals surface area (Å²) in [5.74, 6) is -2.18. The lowest BCUT2D eigenvalue weighted by molar-refractivity contribution is -0.664. The van der Waals surface area contributed by atoms with Crippen molar-refractivity contribution < 1.29 is 28.9 Å². The number of hydrogen-bond donors (Lipinski definition) is 4. The summed E-state index contributed by atoms with van der Waals surface area (Å²) in [5, 5.41) is 19.4. The fraction of sp³-hybridized carbons (Fsp3) is 0.385. The van der Waals surface area contributed by atoms with Crippen LogP contribution in [0.15, 0.2) is 53.7 Å². The second-order valence-corrected chi connectivity index (χ2v) is 11.4. The number of rotatable bonds is 14. The van der Waals surface area contributed by atoms with E-state index in [0.717, 1.165) is 43.1 Å². The maximum Gasteiger partial charge on any atom is 0.352 e. The highest BCUT2D eigenvalue weighted by Crippen LogP contribution is 2.40. The smallest absolute Gasteiger partial charge is 0.352 e. The number of carboxylic acid groups (broad SMARTS) is 1. The maximum atomic E-state index is 13.3. The van der Waals surface area contributed by atoms with Crippen LogP contribution in [-0.4, -0.2) is 89.3 Å². The van der Waals surface area contributed by atoms with Gasteiger partial charge in [0, 0.05) is 35.9 Å². The molecule has 43 heavy (non-hydrogen) atoms. The zero-order valence-corrected chi connectivity index (χ0v) is 24.9. The van der Waals surface area contributed by atoms with Crippen molar-refractivity contribution in [2.45, 2.75) is 37.8 Å². The number of carbonyl (C=O) groups excluding carboxylic acids is 2. The van der Waals surface area contributed by atoms with Crippen LogP contribution in [0.1, 0.15) is 19.2 Å². The molecule has 17 heteroatoms. The van der Waals surface area contributed by atoms with Crippen LogP contribution in [0.4, 0.5) is 5.13 Å². The maximum absolute atomic E-state index is 13.3. The lowest BCUT2D eigenvalue weighted by atomic mass is 10.0. The molecule has 2 aliphatic heterocycles. The lowest BCUT2D eigenvalue weighted by Gasteiger charge is -2.49. The molecule has 0 saturated carbocycles. The number of carboxylic acids is 1. The van der Waals surface area contributed by atoms with Gasteiger partial charge in [-0.2, -0.15) is 9.36 Å². The molecule has 2 aliphatic rings. The Balaban J connectivity index is 1.32. The number of nitrogen functional groups attached to an aromatic ring is 1.